The maximum Gasteiger partial charge on any atom is 0.261 e. The Balaban J connectivity index is 1.49. The fraction of sp³-hybridized carbons (Fsp3) is 0.350. The molecule has 26 heavy (non-hydrogen) atoms. The first-order valence-corrected chi connectivity index (χ1v) is 9.11. The molecule has 5 nitrogen and oxygen atoms in total. The second kappa shape index (κ2) is 8.92. The summed E-state index contributed by atoms with van der Waals surface area (Å²) in [6.45, 7) is 5.54. The molecule has 0 unspecified atom stereocenters. The fourth-order valence-corrected chi connectivity index (χ4v) is 2.96. The molecular formula is C20H23ClN2O3. The van der Waals surface area contributed by atoms with E-state index in [-0.39, 0.29) is 5.91 Å². The molecule has 0 aliphatic carbocycles. The number of ether oxygens (including phenoxy) is 2. The van der Waals surface area contributed by atoms with Crippen LogP contribution in [0.1, 0.15) is 12.5 Å². The molecular weight excluding hydrogens is 352 g/mol. The Morgan fingerprint density at radius 3 is 2.65 bits per heavy atom. The van der Waals surface area contributed by atoms with E-state index in [1.807, 2.05) is 12.1 Å². The molecule has 1 amide bonds. The van der Waals surface area contributed by atoms with Gasteiger partial charge in [-0.3, -0.25) is 4.79 Å². The zero-order chi connectivity index (χ0) is 18.4. The van der Waals surface area contributed by atoms with E-state index in [1.54, 1.807) is 31.2 Å². The van der Waals surface area contributed by atoms with E-state index in [2.05, 4.69) is 22.3 Å². The van der Waals surface area contributed by atoms with Crippen molar-refractivity contribution in [2.45, 2.75) is 19.6 Å². The summed E-state index contributed by atoms with van der Waals surface area (Å²) >= 11 is 5.93. The number of carbonyl (C=O) groups excluding carboxylic acids is 1. The van der Waals surface area contributed by atoms with Gasteiger partial charge in [-0.15, -0.1) is 0 Å². The van der Waals surface area contributed by atoms with Crippen LogP contribution >= 0.6 is 11.6 Å². The third-order valence-corrected chi connectivity index (χ3v) is 4.49. The van der Waals surface area contributed by atoms with Crippen LogP contribution < -0.4 is 15.0 Å². The van der Waals surface area contributed by atoms with Crippen molar-refractivity contribution in [3.05, 3.63) is 59.1 Å². The second-order valence-electron chi connectivity index (χ2n) is 6.20. The van der Waals surface area contributed by atoms with Crippen LogP contribution in [-0.4, -0.2) is 38.3 Å². The molecule has 2 aromatic rings. The lowest BCUT2D eigenvalue weighted by Gasteiger charge is -2.28. The SMILES string of the molecule is C[C@H](Oc1cccc(Cl)c1)C(=O)NCc1ccc(N2CCOCC2)cc1. The molecule has 1 fully saturated rings. The first kappa shape index (κ1) is 18.5. The Morgan fingerprint density at radius 2 is 1.96 bits per heavy atom. The molecule has 0 saturated carbocycles. The molecule has 0 radical (unpaired) electrons. The molecule has 0 bridgehead atoms. The van der Waals surface area contributed by atoms with Crippen molar-refractivity contribution in [1.29, 1.82) is 0 Å². The third-order valence-electron chi connectivity index (χ3n) is 4.26. The number of halogens is 1. The molecule has 0 spiro atoms. The van der Waals surface area contributed by atoms with Crippen LogP contribution in [0.3, 0.4) is 0 Å². The molecule has 0 aromatic heterocycles. The van der Waals surface area contributed by atoms with Gasteiger partial charge in [0.05, 0.1) is 13.2 Å². The molecule has 2 aromatic carbocycles. The van der Waals surface area contributed by atoms with E-state index >= 15 is 0 Å². The number of benzene rings is 2. The van der Waals surface area contributed by atoms with Gasteiger partial charge in [0.15, 0.2) is 6.10 Å². The minimum atomic E-state index is -0.596. The molecule has 1 aliphatic rings. The summed E-state index contributed by atoms with van der Waals surface area (Å²) in [5.41, 5.74) is 2.23. The summed E-state index contributed by atoms with van der Waals surface area (Å²) in [5.74, 6) is 0.414. The number of amides is 1. The molecule has 6 heteroatoms. The highest BCUT2D eigenvalue weighted by atomic mass is 35.5. The lowest BCUT2D eigenvalue weighted by atomic mass is 10.2. The van der Waals surface area contributed by atoms with Gasteiger partial charge in [-0.1, -0.05) is 29.8 Å². The fourth-order valence-electron chi connectivity index (χ4n) is 2.78. The van der Waals surface area contributed by atoms with Gasteiger partial charge < -0.3 is 19.7 Å². The Morgan fingerprint density at radius 1 is 1.23 bits per heavy atom. The van der Waals surface area contributed by atoms with Crippen molar-refractivity contribution in [3.63, 3.8) is 0 Å². The first-order valence-electron chi connectivity index (χ1n) is 8.73. The number of nitrogens with one attached hydrogen (secondary N) is 1. The third kappa shape index (κ3) is 5.13. The van der Waals surface area contributed by atoms with Gasteiger partial charge in [-0.05, 0) is 42.8 Å². The lowest BCUT2D eigenvalue weighted by molar-refractivity contribution is -0.127. The van der Waals surface area contributed by atoms with Crippen molar-refractivity contribution in [3.8, 4) is 5.75 Å². The van der Waals surface area contributed by atoms with Crippen LogP contribution in [-0.2, 0) is 16.1 Å². The number of nitrogens with zero attached hydrogens (tertiary/aromatic N) is 1. The van der Waals surface area contributed by atoms with Crippen LogP contribution in [0.25, 0.3) is 0 Å². The lowest BCUT2D eigenvalue weighted by Crippen LogP contribution is -2.36. The van der Waals surface area contributed by atoms with Gasteiger partial charge in [-0.2, -0.15) is 0 Å². The number of anilines is 1. The number of rotatable bonds is 6. The van der Waals surface area contributed by atoms with Gasteiger partial charge in [0.1, 0.15) is 5.75 Å². The van der Waals surface area contributed by atoms with Gasteiger partial charge in [0.2, 0.25) is 0 Å². The quantitative estimate of drug-likeness (QED) is 0.843. The summed E-state index contributed by atoms with van der Waals surface area (Å²) in [7, 11) is 0. The topological polar surface area (TPSA) is 50.8 Å². The summed E-state index contributed by atoms with van der Waals surface area (Å²) in [6, 6.07) is 15.3. The molecule has 3 rings (SSSR count). The average molecular weight is 375 g/mol. The van der Waals surface area contributed by atoms with Crippen LogP contribution in [0.2, 0.25) is 5.02 Å². The van der Waals surface area contributed by atoms with Gasteiger partial charge in [-0.25, -0.2) is 0 Å². The molecule has 1 saturated heterocycles. The van der Waals surface area contributed by atoms with Crippen molar-refractivity contribution in [1.82, 2.24) is 5.32 Å². The number of hydrogen-bond donors (Lipinski definition) is 1. The summed E-state index contributed by atoms with van der Waals surface area (Å²) < 4.78 is 11.0. The molecule has 1 atom stereocenters. The largest absolute Gasteiger partial charge is 0.481 e. The van der Waals surface area contributed by atoms with Crippen molar-refractivity contribution in [2.75, 3.05) is 31.2 Å². The minimum Gasteiger partial charge on any atom is -0.481 e. The van der Waals surface area contributed by atoms with Crippen molar-refractivity contribution < 1.29 is 14.3 Å². The van der Waals surface area contributed by atoms with Gasteiger partial charge >= 0.3 is 0 Å². The van der Waals surface area contributed by atoms with Gasteiger partial charge in [0.25, 0.3) is 5.91 Å². The van der Waals surface area contributed by atoms with E-state index in [1.165, 1.54) is 5.69 Å². The molecule has 1 N–H and O–H groups in total. The number of hydrogen-bond acceptors (Lipinski definition) is 4. The van der Waals surface area contributed by atoms with Crippen LogP contribution in [0, 0.1) is 0 Å². The maximum atomic E-state index is 12.2. The molecule has 1 heterocycles. The molecule has 138 valence electrons. The van der Waals surface area contributed by atoms with Crippen molar-refractivity contribution >= 4 is 23.2 Å². The van der Waals surface area contributed by atoms with E-state index in [0.29, 0.717) is 17.3 Å². The summed E-state index contributed by atoms with van der Waals surface area (Å²) in [5, 5.41) is 3.48. The van der Waals surface area contributed by atoms with Crippen LogP contribution in [0.15, 0.2) is 48.5 Å². The predicted molar refractivity (Wildman–Crippen MR) is 103 cm³/mol. The Labute approximate surface area is 158 Å². The highest BCUT2D eigenvalue weighted by Gasteiger charge is 2.15. The van der Waals surface area contributed by atoms with Crippen LogP contribution in [0.4, 0.5) is 5.69 Å². The summed E-state index contributed by atoms with van der Waals surface area (Å²) in [4.78, 5) is 14.5. The summed E-state index contributed by atoms with van der Waals surface area (Å²) in [6.07, 6.45) is -0.596. The maximum absolute atomic E-state index is 12.2. The Kier molecular flexibility index (Phi) is 6.36. The normalized spacial score (nSPS) is 15.4. The van der Waals surface area contributed by atoms with E-state index in [0.717, 1.165) is 31.9 Å². The second-order valence-corrected chi connectivity index (χ2v) is 6.64. The highest BCUT2D eigenvalue weighted by molar-refractivity contribution is 6.30. The van der Waals surface area contributed by atoms with E-state index in [4.69, 9.17) is 21.1 Å². The molecule has 1 aliphatic heterocycles. The van der Waals surface area contributed by atoms with Crippen molar-refractivity contribution in [2.24, 2.45) is 0 Å². The predicted octanol–water partition coefficient (Wildman–Crippen LogP) is 3.26. The Hall–Kier alpha value is -2.24. The number of carbonyl (C=O) groups is 1. The van der Waals surface area contributed by atoms with E-state index in [9.17, 15) is 4.79 Å². The number of morpholine rings is 1. The Bertz CT molecular complexity index is 730. The standard InChI is InChI=1S/C20H23ClN2O3/c1-15(26-19-4-2-3-17(21)13-19)20(24)22-14-16-5-7-18(8-6-16)23-9-11-25-12-10-23/h2-8,13,15H,9-12,14H2,1H3,(H,22,24)/t15-/m0/s1. The highest BCUT2D eigenvalue weighted by Crippen LogP contribution is 2.19. The van der Waals surface area contributed by atoms with E-state index < -0.39 is 6.10 Å². The average Bonchev–Trinajstić information content (AvgIpc) is 2.67. The zero-order valence-corrected chi connectivity index (χ0v) is 15.5. The zero-order valence-electron chi connectivity index (χ0n) is 14.8. The first-order chi connectivity index (χ1) is 12.6. The van der Waals surface area contributed by atoms with Crippen LogP contribution in [0.5, 0.6) is 5.75 Å². The van der Waals surface area contributed by atoms with Gasteiger partial charge in [0, 0.05) is 30.3 Å². The minimum absolute atomic E-state index is 0.165. The smallest absolute Gasteiger partial charge is 0.261 e. The monoisotopic (exact) mass is 374 g/mol.